The number of nitrogens with one attached hydrogen (secondary N) is 1. The predicted molar refractivity (Wildman–Crippen MR) is 53.7 cm³/mol. The lowest BCUT2D eigenvalue weighted by atomic mass is 9.82. The molecular weight excluding hydrogens is 162 g/mol. The van der Waals surface area contributed by atoms with Crippen LogP contribution >= 0.6 is 0 Å². The zero-order chi connectivity index (χ0) is 9.10. The molecule has 2 aliphatic rings. The molecule has 2 rings (SSSR count). The molecule has 0 aromatic rings. The van der Waals surface area contributed by atoms with Crippen molar-refractivity contribution in [3.05, 3.63) is 0 Å². The first-order chi connectivity index (χ1) is 6.34. The van der Waals surface area contributed by atoms with Crippen LogP contribution in [0.1, 0.15) is 32.6 Å². The Hall–Kier alpha value is -0.0800. The van der Waals surface area contributed by atoms with Crippen molar-refractivity contribution in [2.24, 2.45) is 11.8 Å². The Morgan fingerprint density at radius 3 is 2.77 bits per heavy atom. The first kappa shape index (κ1) is 9.47. The second-order valence-electron chi connectivity index (χ2n) is 4.78. The molecule has 0 amide bonds. The molecule has 1 N–H and O–H groups in total. The first-order valence-corrected chi connectivity index (χ1v) is 5.65. The van der Waals surface area contributed by atoms with E-state index in [2.05, 4.69) is 12.2 Å². The molecule has 2 fully saturated rings. The number of hydrogen-bond donors (Lipinski definition) is 1. The van der Waals surface area contributed by atoms with E-state index in [9.17, 15) is 0 Å². The van der Waals surface area contributed by atoms with Crippen LogP contribution in [-0.2, 0) is 4.74 Å². The van der Waals surface area contributed by atoms with E-state index in [1.54, 1.807) is 0 Å². The highest BCUT2D eigenvalue weighted by Gasteiger charge is 2.22. The van der Waals surface area contributed by atoms with Crippen molar-refractivity contribution < 1.29 is 4.74 Å². The fraction of sp³-hybridized carbons (Fsp3) is 1.00. The lowest BCUT2D eigenvalue weighted by Crippen LogP contribution is -2.47. The smallest absolute Gasteiger partial charge is 0.0643 e. The Morgan fingerprint density at radius 2 is 2.15 bits per heavy atom. The number of hydrogen-bond acceptors (Lipinski definition) is 2. The highest BCUT2D eigenvalue weighted by atomic mass is 16.5. The normalized spacial score (nSPS) is 35.8. The van der Waals surface area contributed by atoms with Crippen LogP contribution in [0.2, 0.25) is 0 Å². The Balaban J connectivity index is 1.62. The minimum atomic E-state index is 0.664. The highest BCUT2D eigenvalue weighted by molar-refractivity contribution is 4.77. The van der Waals surface area contributed by atoms with E-state index < -0.39 is 0 Å². The van der Waals surface area contributed by atoms with Crippen molar-refractivity contribution in [2.75, 3.05) is 19.8 Å². The second-order valence-corrected chi connectivity index (χ2v) is 4.78. The van der Waals surface area contributed by atoms with Gasteiger partial charge in [-0.15, -0.1) is 0 Å². The van der Waals surface area contributed by atoms with Crippen LogP contribution < -0.4 is 5.32 Å². The fourth-order valence-electron chi connectivity index (χ4n) is 2.43. The predicted octanol–water partition coefficient (Wildman–Crippen LogP) is 1.80. The summed E-state index contributed by atoms with van der Waals surface area (Å²) >= 11 is 0. The molecule has 0 aromatic heterocycles. The maximum atomic E-state index is 5.13. The van der Waals surface area contributed by atoms with E-state index in [1.165, 1.54) is 32.2 Å². The van der Waals surface area contributed by atoms with E-state index in [4.69, 9.17) is 4.74 Å². The average Bonchev–Trinajstić information content (AvgIpc) is 2.01. The van der Waals surface area contributed by atoms with E-state index >= 15 is 0 Å². The SMILES string of the molecule is CC1CCCC(CNC2COC2)C1. The maximum absolute atomic E-state index is 5.13. The summed E-state index contributed by atoms with van der Waals surface area (Å²) in [7, 11) is 0. The van der Waals surface area contributed by atoms with E-state index in [-0.39, 0.29) is 0 Å². The third-order valence-electron chi connectivity index (χ3n) is 3.38. The molecule has 0 radical (unpaired) electrons. The lowest BCUT2D eigenvalue weighted by molar-refractivity contribution is -0.00737. The summed E-state index contributed by atoms with van der Waals surface area (Å²) in [6, 6.07) is 0.664. The van der Waals surface area contributed by atoms with Gasteiger partial charge in [0.1, 0.15) is 0 Å². The fourth-order valence-corrected chi connectivity index (χ4v) is 2.43. The standard InChI is InChI=1S/C11H21NO/c1-9-3-2-4-10(5-9)6-12-11-7-13-8-11/h9-12H,2-8H2,1H3. The summed E-state index contributed by atoms with van der Waals surface area (Å²) < 4.78 is 5.13. The quantitative estimate of drug-likeness (QED) is 0.720. The van der Waals surface area contributed by atoms with Crippen molar-refractivity contribution in [1.82, 2.24) is 5.32 Å². The van der Waals surface area contributed by atoms with Crippen LogP contribution in [0.15, 0.2) is 0 Å². The molecule has 1 saturated carbocycles. The van der Waals surface area contributed by atoms with Gasteiger partial charge in [-0.1, -0.05) is 19.8 Å². The molecule has 1 aliphatic carbocycles. The highest BCUT2D eigenvalue weighted by Crippen LogP contribution is 2.28. The molecule has 2 unspecified atom stereocenters. The molecule has 1 heterocycles. The van der Waals surface area contributed by atoms with Gasteiger partial charge < -0.3 is 10.1 Å². The Labute approximate surface area is 81.0 Å². The van der Waals surface area contributed by atoms with Gasteiger partial charge in [0.25, 0.3) is 0 Å². The second kappa shape index (κ2) is 4.43. The van der Waals surface area contributed by atoms with Crippen LogP contribution in [0.4, 0.5) is 0 Å². The molecule has 76 valence electrons. The van der Waals surface area contributed by atoms with Crippen molar-refractivity contribution in [1.29, 1.82) is 0 Å². The summed E-state index contributed by atoms with van der Waals surface area (Å²) in [6.07, 6.45) is 5.75. The van der Waals surface area contributed by atoms with Gasteiger partial charge in [0.15, 0.2) is 0 Å². The third-order valence-corrected chi connectivity index (χ3v) is 3.38. The van der Waals surface area contributed by atoms with Crippen molar-refractivity contribution in [2.45, 2.75) is 38.6 Å². The van der Waals surface area contributed by atoms with Gasteiger partial charge in [-0.25, -0.2) is 0 Å². The van der Waals surface area contributed by atoms with Crippen molar-refractivity contribution in [3.63, 3.8) is 0 Å². The zero-order valence-electron chi connectivity index (χ0n) is 8.59. The molecule has 0 aromatic carbocycles. The van der Waals surface area contributed by atoms with E-state index in [1.807, 2.05) is 0 Å². The summed E-state index contributed by atoms with van der Waals surface area (Å²) in [6.45, 7) is 5.47. The van der Waals surface area contributed by atoms with Crippen LogP contribution in [0.25, 0.3) is 0 Å². The topological polar surface area (TPSA) is 21.3 Å². The molecule has 2 atom stereocenters. The molecule has 1 aliphatic heterocycles. The van der Waals surface area contributed by atoms with Crippen molar-refractivity contribution >= 4 is 0 Å². The summed E-state index contributed by atoms with van der Waals surface area (Å²) in [5, 5.41) is 3.58. The monoisotopic (exact) mass is 183 g/mol. The van der Waals surface area contributed by atoms with Gasteiger partial charge >= 0.3 is 0 Å². The van der Waals surface area contributed by atoms with Gasteiger partial charge in [0.05, 0.1) is 19.3 Å². The summed E-state index contributed by atoms with van der Waals surface area (Å²) in [4.78, 5) is 0. The molecule has 2 heteroatoms. The molecule has 2 nitrogen and oxygen atoms in total. The lowest BCUT2D eigenvalue weighted by Gasteiger charge is -2.32. The van der Waals surface area contributed by atoms with Crippen LogP contribution in [-0.4, -0.2) is 25.8 Å². The largest absolute Gasteiger partial charge is 0.378 e. The van der Waals surface area contributed by atoms with Crippen LogP contribution in [0.3, 0.4) is 0 Å². The first-order valence-electron chi connectivity index (χ1n) is 5.65. The summed E-state index contributed by atoms with van der Waals surface area (Å²) in [5.74, 6) is 1.89. The van der Waals surface area contributed by atoms with Crippen LogP contribution in [0, 0.1) is 11.8 Å². The molecule has 13 heavy (non-hydrogen) atoms. The van der Waals surface area contributed by atoms with Gasteiger partial charge in [-0.2, -0.15) is 0 Å². The van der Waals surface area contributed by atoms with E-state index in [0.717, 1.165) is 25.0 Å². The zero-order valence-corrected chi connectivity index (χ0v) is 8.59. The van der Waals surface area contributed by atoms with Crippen molar-refractivity contribution in [3.8, 4) is 0 Å². The third kappa shape index (κ3) is 2.68. The van der Waals surface area contributed by atoms with Gasteiger partial charge in [0.2, 0.25) is 0 Å². The van der Waals surface area contributed by atoms with Crippen LogP contribution in [0.5, 0.6) is 0 Å². The number of rotatable bonds is 3. The Morgan fingerprint density at radius 1 is 1.31 bits per heavy atom. The summed E-state index contributed by atoms with van der Waals surface area (Å²) in [5.41, 5.74) is 0. The number of ether oxygens (including phenoxy) is 1. The minimum Gasteiger partial charge on any atom is -0.378 e. The van der Waals surface area contributed by atoms with Gasteiger partial charge in [-0.05, 0) is 31.2 Å². The molecule has 0 spiro atoms. The van der Waals surface area contributed by atoms with Gasteiger partial charge in [-0.3, -0.25) is 0 Å². The average molecular weight is 183 g/mol. The van der Waals surface area contributed by atoms with E-state index in [0.29, 0.717) is 6.04 Å². The van der Waals surface area contributed by atoms with Gasteiger partial charge in [0, 0.05) is 0 Å². The maximum Gasteiger partial charge on any atom is 0.0643 e. The minimum absolute atomic E-state index is 0.664. The Kier molecular flexibility index (Phi) is 3.23. The molecular formula is C11H21NO. The molecule has 1 saturated heterocycles. The Bertz CT molecular complexity index is 156. The molecule has 0 bridgehead atoms.